The Morgan fingerprint density at radius 1 is 1.10 bits per heavy atom. The zero-order valence-electron chi connectivity index (χ0n) is 5.22. The Morgan fingerprint density at radius 2 is 1.60 bits per heavy atom. The van der Waals surface area contributed by atoms with E-state index in [0.717, 1.165) is 0 Å². The summed E-state index contributed by atoms with van der Waals surface area (Å²) in [7, 11) is 0. The van der Waals surface area contributed by atoms with Crippen molar-refractivity contribution in [1.29, 1.82) is 0 Å². The van der Waals surface area contributed by atoms with Crippen LogP contribution in [-0.2, 0) is 13.3 Å². The van der Waals surface area contributed by atoms with Crippen LogP contribution in [0.25, 0.3) is 0 Å². The van der Waals surface area contributed by atoms with Crippen molar-refractivity contribution in [3.8, 4) is 0 Å². The Kier molecular flexibility index (Phi) is 2.25. The standard InChI is InChI=1S/C6H6F2N2/c7-1-5-3-9-4-6(2-8)10-5/h3-4H,1-2H2. The molecule has 1 heterocycles. The van der Waals surface area contributed by atoms with Crippen LogP contribution in [0.5, 0.6) is 0 Å². The van der Waals surface area contributed by atoms with Crippen molar-refractivity contribution in [1.82, 2.24) is 9.97 Å². The van der Waals surface area contributed by atoms with Crippen molar-refractivity contribution in [3.63, 3.8) is 0 Å². The van der Waals surface area contributed by atoms with Crippen molar-refractivity contribution in [3.05, 3.63) is 23.8 Å². The summed E-state index contributed by atoms with van der Waals surface area (Å²) < 4.78 is 23.6. The number of nitrogens with zero attached hydrogens (tertiary/aromatic N) is 2. The van der Waals surface area contributed by atoms with E-state index in [0.29, 0.717) is 0 Å². The van der Waals surface area contributed by atoms with E-state index in [1.165, 1.54) is 12.4 Å². The van der Waals surface area contributed by atoms with Crippen molar-refractivity contribution >= 4 is 0 Å². The van der Waals surface area contributed by atoms with E-state index in [1.807, 2.05) is 0 Å². The third-order valence-electron chi connectivity index (χ3n) is 1.01. The first-order chi connectivity index (χ1) is 4.86. The highest BCUT2D eigenvalue weighted by atomic mass is 19.1. The van der Waals surface area contributed by atoms with Crippen LogP contribution in [0.4, 0.5) is 8.78 Å². The van der Waals surface area contributed by atoms with E-state index in [1.54, 1.807) is 0 Å². The summed E-state index contributed by atoms with van der Waals surface area (Å²) >= 11 is 0. The third-order valence-corrected chi connectivity index (χ3v) is 1.01. The van der Waals surface area contributed by atoms with Crippen LogP contribution in [0.2, 0.25) is 0 Å². The van der Waals surface area contributed by atoms with Gasteiger partial charge in [0.15, 0.2) is 0 Å². The van der Waals surface area contributed by atoms with Gasteiger partial charge < -0.3 is 0 Å². The van der Waals surface area contributed by atoms with Gasteiger partial charge in [0.05, 0.1) is 23.8 Å². The molecule has 0 spiro atoms. The van der Waals surface area contributed by atoms with Gasteiger partial charge in [-0.3, -0.25) is 4.98 Å². The highest BCUT2D eigenvalue weighted by molar-refractivity contribution is 5.00. The number of aromatic nitrogens is 2. The molecule has 0 amide bonds. The molecule has 0 aromatic carbocycles. The number of hydrogen-bond donors (Lipinski definition) is 0. The first-order valence-corrected chi connectivity index (χ1v) is 2.78. The monoisotopic (exact) mass is 144 g/mol. The molecule has 0 bridgehead atoms. The van der Waals surface area contributed by atoms with Gasteiger partial charge in [0.25, 0.3) is 0 Å². The first kappa shape index (κ1) is 7.05. The largest absolute Gasteiger partial charge is 0.261 e. The molecular formula is C6H6F2N2. The summed E-state index contributed by atoms with van der Waals surface area (Å²) in [5, 5.41) is 0. The van der Waals surface area contributed by atoms with Crippen LogP contribution in [0.15, 0.2) is 12.4 Å². The molecule has 0 unspecified atom stereocenters. The molecule has 0 saturated heterocycles. The van der Waals surface area contributed by atoms with Gasteiger partial charge in [0.1, 0.15) is 13.3 Å². The maximum Gasteiger partial charge on any atom is 0.133 e. The van der Waals surface area contributed by atoms with Gasteiger partial charge in [-0.1, -0.05) is 0 Å². The van der Waals surface area contributed by atoms with E-state index in [-0.39, 0.29) is 11.4 Å². The molecule has 2 nitrogen and oxygen atoms in total. The molecule has 0 atom stereocenters. The van der Waals surface area contributed by atoms with Crippen molar-refractivity contribution < 1.29 is 8.78 Å². The van der Waals surface area contributed by atoms with Gasteiger partial charge in [0.2, 0.25) is 0 Å². The molecule has 1 aromatic heterocycles. The second kappa shape index (κ2) is 3.20. The second-order valence-corrected chi connectivity index (χ2v) is 1.77. The summed E-state index contributed by atoms with van der Waals surface area (Å²) in [6, 6.07) is 0. The molecule has 0 aliphatic rings. The Hall–Kier alpha value is -1.06. The van der Waals surface area contributed by atoms with E-state index in [9.17, 15) is 8.78 Å². The maximum atomic E-state index is 11.8. The fourth-order valence-corrected chi connectivity index (χ4v) is 0.580. The molecule has 0 radical (unpaired) electrons. The lowest BCUT2D eigenvalue weighted by molar-refractivity contribution is 0.454. The highest BCUT2D eigenvalue weighted by Crippen LogP contribution is 1.98. The third kappa shape index (κ3) is 1.46. The zero-order valence-corrected chi connectivity index (χ0v) is 5.22. The van der Waals surface area contributed by atoms with E-state index in [4.69, 9.17) is 0 Å². The Morgan fingerprint density at radius 3 is 2.00 bits per heavy atom. The van der Waals surface area contributed by atoms with E-state index >= 15 is 0 Å². The molecule has 0 fully saturated rings. The summed E-state index contributed by atoms with van der Waals surface area (Å²) in [4.78, 5) is 7.18. The fraction of sp³-hybridized carbons (Fsp3) is 0.333. The predicted molar refractivity (Wildman–Crippen MR) is 31.7 cm³/mol. The molecule has 0 saturated carbocycles. The minimum Gasteiger partial charge on any atom is -0.261 e. The quantitative estimate of drug-likeness (QED) is 0.627. The van der Waals surface area contributed by atoms with Gasteiger partial charge in [-0.15, -0.1) is 0 Å². The van der Waals surface area contributed by atoms with Crippen LogP contribution in [0.1, 0.15) is 11.4 Å². The normalized spacial score (nSPS) is 9.80. The van der Waals surface area contributed by atoms with Crippen molar-refractivity contribution in [2.75, 3.05) is 0 Å². The predicted octanol–water partition coefficient (Wildman–Crippen LogP) is 1.42. The second-order valence-electron chi connectivity index (χ2n) is 1.77. The topological polar surface area (TPSA) is 25.8 Å². The summed E-state index contributed by atoms with van der Waals surface area (Å²) in [6.45, 7) is -1.39. The summed E-state index contributed by atoms with van der Waals surface area (Å²) in [5.74, 6) is 0. The fourth-order valence-electron chi connectivity index (χ4n) is 0.580. The number of rotatable bonds is 2. The molecule has 0 aliphatic heterocycles. The molecule has 1 rings (SSSR count). The van der Waals surface area contributed by atoms with Gasteiger partial charge in [-0.05, 0) is 0 Å². The number of halogens is 2. The van der Waals surface area contributed by atoms with Crippen molar-refractivity contribution in [2.45, 2.75) is 13.3 Å². The van der Waals surface area contributed by atoms with E-state index in [2.05, 4.69) is 9.97 Å². The Bertz CT molecular complexity index is 195. The first-order valence-electron chi connectivity index (χ1n) is 2.78. The van der Waals surface area contributed by atoms with E-state index < -0.39 is 13.3 Å². The zero-order chi connectivity index (χ0) is 7.40. The number of hydrogen-bond acceptors (Lipinski definition) is 2. The van der Waals surface area contributed by atoms with Crippen LogP contribution >= 0.6 is 0 Å². The minimum atomic E-state index is -0.694. The molecule has 0 N–H and O–H groups in total. The van der Waals surface area contributed by atoms with Gasteiger partial charge in [-0.25, -0.2) is 13.8 Å². The molecular weight excluding hydrogens is 138 g/mol. The smallest absolute Gasteiger partial charge is 0.133 e. The highest BCUT2D eigenvalue weighted by Gasteiger charge is 1.95. The molecule has 10 heavy (non-hydrogen) atoms. The van der Waals surface area contributed by atoms with Gasteiger partial charge in [-0.2, -0.15) is 0 Å². The van der Waals surface area contributed by atoms with Crippen molar-refractivity contribution in [2.24, 2.45) is 0 Å². The minimum absolute atomic E-state index is 0.176. The number of alkyl halides is 2. The van der Waals surface area contributed by atoms with Gasteiger partial charge in [0, 0.05) is 0 Å². The SMILES string of the molecule is FCc1cncc(CF)n1. The maximum absolute atomic E-state index is 11.8. The molecule has 0 aliphatic carbocycles. The lowest BCUT2D eigenvalue weighted by Crippen LogP contribution is -1.92. The van der Waals surface area contributed by atoms with Crippen LogP contribution in [0, 0.1) is 0 Å². The van der Waals surface area contributed by atoms with Crippen LogP contribution in [0.3, 0.4) is 0 Å². The summed E-state index contributed by atoms with van der Waals surface area (Å²) in [6.07, 6.45) is 2.55. The molecule has 1 aromatic rings. The lowest BCUT2D eigenvalue weighted by atomic mass is 10.4. The molecule has 4 heteroatoms. The Balaban J connectivity index is 2.87. The average Bonchev–Trinajstić information content (AvgIpc) is 2.05. The Labute approximate surface area is 56.9 Å². The average molecular weight is 144 g/mol. The lowest BCUT2D eigenvalue weighted by Gasteiger charge is -1.93. The molecule has 54 valence electrons. The van der Waals surface area contributed by atoms with Gasteiger partial charge >= 0.3 is 0 Å². The van der Waals surface area contributed by atoms with Crippen LogP contribution < -0.4 is 0 Å². The van der Waals surface area contributed by atoms with Crippen LogP contribution in [-0.4, -0.2) is 9.97 Å². The summed E-state index contributed by atoms with van der Waals surface area (Å²) in [5.41, 5.74) is 0.352.